The Hall–Kier alpha value is -1.39. The van der Waals surface area contributed by atoms with E-state index in [9.17, 15) is 9.90 Å². The number of aliphatic carboxylic acids is 1. The van der Waals surface area contributed by atoms with Crippen LogP contribution in [0.15, 0.2) is 30.3 Å². The van der Waals surface area contributed by atoms with Crippen LogP contribution in [0.5, 0.6) is 0 Å². The standard InChI is InChI=1S/C14H19NO3/c1-2-18-12-8-15(9-12)10-13(14(16)17)11-6-4-3-5-7-11/h3-7,12-13H,2,8-10H2,1H3,(H,16,17). The van der Waals surface area contributed by atoms with Gasteiger partial charge < -0.3 is 9.84 Å². The lowest BCUT2D eigenvalue weighted by molar-refractivity contribution is -0.140. The van der Waals surface area contributed by atoms with Crippen molar-refractivity contribution in [2.75, 3.05) is 26.2 Å². The van der Waals surface area contributed by atoms with Crippen molar-refractivity contribution in [3.8, 4) is 0 Å². The first-order chi connectivity index (χ1) is 8.70. The molecule has 0 aliphatic carbocycles. The van der Waals surface area contributed by atoms with E-state index in [4.69, 9.17) is 4.74 Å². The minimum atomic E-state index is -0.763. The van der Waals surface area contributed by atoms with Crippen molar-refractivity contribution in [1.29, 1.82) is 0 Å². The number of carboxylic acid groups (broad SMARTS) is 1. The summed E-state index contributed by atoms with van der Waals surface area (Å²) in [6.45, 7) is 4.93. The number of carboxylic acids is 1. The van der Waals surface area contributed by atoms with E-state index in [1.807, 2.05) is 37.3 Å². The maximum atomic E-state index is 11.3. The van der Waals surface area contributed by atoms with Gasteiger partial charge in [-0.1, -0.05) is 30.3 Å². The van der Waals surface area contributed by atoms with Gasteiger partial charge in [0, 0.05) is 26.2 Å². The summed E-state index contributed by atoms with van der Waals surface area (Å²) in [5.41, 5.74) is 0.866. The first kappa shape index (κ1) is 13.1. The molecule has 0 bridgehead atoms. The molecule has 4 heteroatoms. The highest BCUT2D eigenvalue weighted by atomic mass is 16.5. The minimum absolute atomic E-state index is 0.278. The summed E-state index contributed by atoms with van der Waals surface area (Å²) >= 11 is 0. The zero-order valence-electron chi connectivity index (χ0n) is 10.6. The Morgan fingerprint density at radius 3 is 2.67 bits per heavy atom. The topological polar surface area (TPSA) is 49.8 Å². The van der Waals surface area contributed by atoms with Crippen molar-refractivity contribution in [2.24, 2.45) is 0 Å². The lowest BCUT2D eigenvalue weighted by Gasteiger charge is -2.40. The van der Waals surface area contributed by atoms with E-state index in [1.54, 1.807) is 0 Å². The fourth-order valence-electron chi connectivity index (χ4n) is 2.28. The molecule has 0 amide bonds. The van der Waals surface area contributed by atoms with Gasteiger partial charge in [-0.05, 0) is 12.5 Å². The first-order valence-corrected chi connectivity index (χ1v) is 6.32. The summed E-state index contributed by atoms with van der Waals surface area (Å²) in [5, 5.41) is 9.31. The van der Waals surface area contributed by atoms with Gasteiger partial charge in [0.2, 0.25) is 0 Å². The highest BCUT2D eigenvalue weighted by molar-refractivity contribution is 5.76. The van der Waals surface area contributed by atoms with Crippen LogP contribution in [0.3, 0.4) is 0 Å². The van der Waals surface area contributed by atoms with E-state index in [-0.39, 0.29) is 6.10 Å². The van der Waals surface area contributed by atoms with E-state index in [0.717, 1.165) is 25.3 Å². The fourth-order valence-corrected chi connectivity index (χ4v) is 2.28. The Morgan fingerprint density at radius 2 is 2.11 bits per heavy atom. The van der Waals surface area contributed by atoms with Crippen LogP contribution in [0.25, 0.3) is 0 Å². The SMILES string of the molecule is CCOC1CN(CC(C(=O)O)c2ccccc2)C1. The largest absolute Gasteiger partial charge is 0.481 e. The molecule has 1 aliphatic rings. The second-order valence-corrected chi connectivity index (χ2v) is 4.60. The molecular weight excluding hydrogens is 230 g/mol. The summed E-state index contributed by atoms with van der Waals surface area (Å²) in [6.07, 6.45) is 0.278. The van der Waals surface area contributed by atoms with Crippen molar-refractivity contribution in [2.45, 2.75) is 18.9 Å². The molecule has 1 N–H and O–H groups in total. The summed E-state index contributed by atoms with van der Waals surface area (Å²) < 4.78 is 5.47. The molecule has 1 aromatic rings. The number of carbonyl (C=O) groups is 1. The Bertz CT molecular complexity index is 387. The normalized spacial score (nSPS) is 18.3. The van der Waals surface area contributed by atoms with Crippen LogP contribution in [0.2, 0.25) is 0 Å². The number of hydrogen-bond donors (Lipinski definition) is 1. The number of hydrogen-bond acceptors (Lipinski definition) is 3. The third-order valence-corrected chi connectivity index (χ3v) is 3.27. The molecule has 2 rings (SSSR count). The molecule has 98 valence electrons. The van der Waals surface area contributed by atoms with E-state index in [1.165, 1.54) is 0 Å². The molecule has 1 saturated heterocycles. The monoisotopic (exact) mass is 249 g/mol. The van der Waals surface area contributed by atoms with Gasteiger partial charge in [-0.25, -0.2) is 0 Å². The molecule has 1 atom stereocenters. The van der Waals surface area contributed by atoms with Crippen LogP contribution in [-0.2, 0) is 9.53 Å². The Labute approximate surface area is 107 Å². The van der Waals surface area contributed by atoms with Crippen LogP contribution >= 0.6 is 0 Å². The Morgan fingerprint density at radius 1 is 1.44 bits per heavy atom. The minimum Gasteiger partial charge on any atom is -0.481 e. The number of benzene rings is 1. The van der Waals surface area contributed by atoms with E-state index < -0.39 is 11.9 Å². The summed E-state index contributed by atoms with van der Waals surface area (Å²) in [7, 11) is 0. The Kier molecular flexibility index (Phi) is 4.33. The average molecular weight is 249 g/mol. The second kappa shape index (κ2) is 5.98. The van der Waals surface area contributed by atoms with Crippen molar-refractivity contribution < 1.29 is 14.6 Å². The van der Waals surface area contributed by atoms with Crippen LogP contribution in [0.1, 0.15) is 18.4 Å². The van der Waals surface area contributed by atoms with Gasteiger partial charge in [-0.2, -0.15) is 0 Å². The van der Waals surface area contributed by atoms with Crippen molar-refractivity contribution in [3.05, 3.63) is 35.9 Å². The molecule has 0 aromatic heterocycles. The summed E-state index contributed by atoms with van der Waals surface area (Å²) in [6, 6.07) is 9.41. The molecule has 1 unspecified atom stereocenters. The molecule has 1 aromatic carbocycles. The summed E-state index contributed by atoms with van der Waals surface area (Å²) in [5.74, 6) is -1.21. The van der Waals surface area contributed by atoms with Crippen LogP contribution in [0.4, 0.5) is 0 Å². The number of rotatable bonds is 6. The Balaban J connectivity index is 1.91. The molecule has 1 heterocycles. The molecule has 0 spiro atoms. The molecule has 0 radical (unpaired) electrons. The lowest BCUT2D eigenvalue weighted by Crippen LogP contribution is -2.53. The number of ether oxygens (including phenoxy) is 1. The van der Waals surface area contributed by atoms with Gasteiger partial charge in [-0.15, -0.1) is 0 Å². The van der Waals surface area contributed by atoms with Gasteiger partial charge in [0.05, 0.1) is 12.0 Å². The zero-order valence-corrected chi connectivity index (χ0v) is 10.6. The van der Waals surface area contributed by atoms with E-state index in [0.29, 0.717) is 6.54 Å². The van der Waals surface area contributed by atoms with E-state index >= 15 is 0 Å². The quantitative estimate of drug-likeness (QED) is 0.831. The average Bonchev–Trinajstić information content (AvgIpc) is 2.32. The highest BCUT2D eigenvalue weighted by Crippen LogP contribution is 2.21. The van der Waals surface area contributed by atoms with Gasteiger partial charge in [-0.3, -0.25) is 9.69 Å². The smallest absolute Gasteiger partial charge is 0.312 e. The molecule has 4 nitrogen and oxygen atoms in total. The molecule has 1 fully saturated rings. The van der Waals surface area contributed by atoms with Gasteiger partial charge in [0.15, 0.2) is 0 Å². The molecule has 1 aliphatic heterocycles. The summed E-state index contributed by atoms with van der Waals surface area (Å²) in [4.78, 5) is 13.5. The predicted molar refractivity (Wildman–Crippen MR) is 68.7 cm³/mol. The third-order valence-electron chi connectivity index (χ3n) is 3.27. The number of likely N-dealkylation sites (tertiary alicyclic amines) is 1. The van der Waals surface area contributed by atoms with Gasteiger partial charge in [0.25, 0.3) is 0 Å². The maximum Gasteiger partial charge on any atom is 0.312 e. The van der Waals surface area contributed by atoms with Crippen molar-refractivity contribution in [3.63, 3.8) is 0 Å². The van der Waals surface area contributed by atoms with E-state index in [2.05, 4.69) is 4.90 Å². The number of nitrogens with zero attached hydrogens (tertiary/aromatic N) is 1. The predicted octanol–water partition coefficient (Wildman–Crippen LogP) is 1.58. The first-order valence-electron chi connectivity index (χ1n) is 6.32. The molecule has 18 heavy (non-hydrogen) atoms. The van der Waals surface area contributed by atoms with Gasteiger partial charge >= 0.3 is 5.97 Å². The second-order valence-electron chi connectivity index (χ2n) is 4.60. The molecule has 0 saturated carbocycles. The van der Waals surface area contributed by atoms with Crippen LogP contribution in [0, 0.1) is 0 Å². The van der Waals surface area contributed by atoms with Crippen LogP contribution in [-0.4, -0.2) is 48.3 Å². The zero-order chi connectivity index (χ0) is 13.0. The highest BCUT2D eigenvalue weighted by Gasteiger charge is 2.31. The van der Waals surface area contributed by atoms with Gasteiger partial charge in [0.1, 0.15) is 0 Å². The van der Waals surface area contributed by atoms with Crippen LogP contribution < -0.4 is 0 Å². The third kappa shape index (κ3) is 3.09. The molecular formula is C14H19NO3. The fraction of sp³-hybridized carbons (Fsp3) is 0.500. The van der Waals surface area contributed by atoms with Crippen molar-refractivity contribution in [1.82, 2.24) is 4.90 Å². The maximum absolute atomic E-state index is 11.3. The van der Waals surface area contributed by atoms with Crippen molar-refractivity contribution >= 4 is 5.97 Å². The lowest BCUT2D eigenvalue weighted by atomic mass is 9.97.